The molecule has 1 aliphatic heterocycles. The van der Waals surface area contributed by atoms with Gasteiger partial charge >= 0.3 is 6.09 Å². The van der Waals surface area contributed by atoms with Crippen LogP contribution in [0.2, 0.25) is 5.02 Å². The van der Waals surface area contributed by atoms with Crippen molar-refractivity contribution in [2.24, 2.45) is 0 Å². The highest BCUT2D eigenvalue weighted by Gasteiger charge is 2.36. The summed E-state index contributed by atoms with van der Waals surface area (Å²) in [6.07, 6.45) is -0.254. The second kappa shape index (κ2) is 7.36. The molecule has 22 heavy (non-hydrogen) atoms. The first-order valence-corrected chi connectivity index (χ1v) is 8.85. The topological polar surface area (TPSA) is 38.8 Å². The number of halogens is 2. The fraction of sp³-hybridized carbons (Fsp3) is 0.562. The van der Waals surface area contributed by atoms with Crippen LogP contribution in [0, 0.1) is 0 Å². The van der Waals surface area contributed by atoms with E-state index < -0.39 is 5.60 Å². The van der Waals surface area contributed by atoms with Gasteiger partial charge in [-0.1, -0.05) is 46.3 Å². The van der Waals surface area contributed by atoms with Gasteiger partial charge in [-0.15, -0.1) is 0 Å². The third-order valence-electron chi connectivity index (χ3n) is 3.23. The van der Waals surface area contributed by atoms with Crippen LogP contribution in [0.15, 0.2) is 24.3 Å². The van der Waals surface area contributed by atoms with Crippen molar-refractivity contribution in [2.45, 2.75) is 43.0 Å². The van der Waals surface area contributed by atoms with Crippen molar-refractivity contribution >= 4 is 40.3 Å². The summed E-state index contributed by atoms with van der Waals surface area (Å²) in [4.78, 5) is 13.8. The first-order chi connectivity index (χ1) is 10.2. The number of ether oxygens (including phenoxy) is 2. The average molecular weight is 438 g/mol. The first kappa shape index (κ1) is 17.8. The fourth-order valence-electron chi connectivity index (χ4n) is 2.15. The number of amides is 1. The van der Waals surface area contributed by atoms with Gasteiger partial charge in [-0.2, -0.15) is 0 Å². The van der Waals surface area contributed by atoms with Gasteiger partial charge in [0, 0.05) is 11.6 Å². The van der Waals surface area contributed by atoms with Crippen molar-refractivity contribution in [3.8, 4) is 0 Å². The molecule has 1 aromatic rings. The van der Waals surface area contributed by atoms with Gasteiger partial charge in [-0.05, 0) is 38.5 Å². The zero-order valence-electron chi connectivity index (χ0n) is 13.0. The SMILES string of the molecule is CC(C)(C)OC(=O)N1CC(I)C(OCc2ccc(Cl)cc2)C1. The van der Waals surface area contributed by atoms with E-state index in [9.17, 15) is 4.79 Å². The lowest BCUT2D eigenvalue weighted by atomic mass is 10.2. The van der Waals surface area contributed by atoms with E-state index in [-0.39, 0.29) is 16.1 Å². The molecule has 0 spiro atoms. The third-order valence-corrected chi connectivity index (χ3v) is 4.68. The lowest BCUT2D eigenvalue weighted by molar-refractivity contribution is 0.0190. The lowest BCUT2D eigenvalue weighted by Crippen LogP contribution is -2.36. The van der Waals surface area contributed by atoms with Gasteiger partial charge in [0.1, 0.15) is 5.60 Å². The predicted octanol–water partition coefficient (Wildman–Crippen LogP) is 4.28. The Morgan fingerprint density at radius 2 is 1.95 bits per heavy atom. The summed E-state index contributed by atoms with van der Waals surface area (Å²) in [5.41, 5.74) is 0.601. The van der Waals surface area contributed by atoms with Crippen LogP contribution in [0.5, 0.6) is 0 Å². The molecule has 0 N–H and O–H groups in total. The second-order valence-electron chi connectivity index (χ2n) is 6.38. The molecule has 1 aliphatic rings. The number of carbonyl (C=O) groups is 1. The van der Waals surface area contributed by atoms with Crippen LogP contribution in [0.3, 0.4) is 0 Å². The van der Waals surface area contributed by atoms with E-state index in [4.69, 9.17) is 21.1 Å². The highest BCUT2D eigenvalue weighted by molar-refractivity contribution is 14.1. The molecule has 122 valence electrons. The number of nitrogens with zero attached hydrogens (tertiary/aromatic N) is 1. The van der Waals surface area contributed by atoms with Crippen molar-refractivity contribution < 1.29 is 14.3 Å². The quantitative estimate of drug-likeness (QED) is 0.523. The van der Waals surface area contributed by atoms with E-state index in [0.29, 0.717) is 24.7 Å². The van der Waals surface area contributed by atoms with Crippen molar-refractivity contribution in [1.29, 1.82) is 0 Å². The summed E-state index contributed by atoms with van der Waals surface area (Å²) in [6, 6.07) is 7.60. The van der Waals surface area contributed by atoms with Crippen molar-refractivity contribution in [1.82, 2.24) is 4.90 Å². The summed E-state index contributed by atoms with van der Waals surface area (Å²) in [5.74, 6) is 0. The molecule has 0 aliphatic carbocycles. The number of benzene rings is 1. The van der Waals surface area contributed by atoms with Gasteiger partial charge < -0.3 is 14.4 Å². The lowest BCUT2D eigenvalue weighted by Gasteiger charge is -2.24. The first-order valence-electron chi connectivity index (χ1n) is 7.22. The summed E-state index contributed by atoms with van der Waals surface area (Å²) in [7, 11) is 0. The van der Waals surface area contributed by atoms with Gasteiger partial charge in [0.15, 0.2) is 0 Å². The fourth-order valence-corrected chi connectivity index (χ4v) is 3.19. The molecule has 2 unspecified atom stereocenters. The number of likely N-dealkylation sites (tertiary alicyclic amines) is 1. The van der Waals surface area contributed by atoms with Crippen LogP contribution >= 0.6 is 34.2 Å². The van der Waals surface area contributed by atoms with E-state index >= 15 is 0 Å². The van der Waals surface area contributed by atoms with Crippen LogP contribution in [0.25, 0.3) is 0 Å². The van der Waals surface area contributed by atoms with Gasteiger partial charge in [-0.3, -0.25) is 0 Å². The molecule has 1 heterocycles. The molecular formula is C16H21ClINO3. The van der Waals surface area contributed by atoms with Crippen molar-refractivity contribution in [3.05, 3.63) is 34.9 Å². The Morgan fingerprint density at radius 3 is 2.55 bits per heavy atom. The van der Waals surface area contributed by atoms with Crippen LogP contribution in [0.4, 0.5) is 4.79 Å². The molecule has 0 radical (unpaired) electrons. The second-order valence-corrected chi connectivity index (χ2v) is 8.41. The van der Waals surface area contributed by atoms with E-state index in [1.54, 1.807) is 4.90 Å². The van der Waals surface area contributed by atoms with Gasteiger partial charge in [-0.25, -0.2) is 4.79 Å². The Morgan fingerprint density at radius 1 is 1.32 bits per heavy atom. The summed E-state index contributed by atoms with van der Waals surface area (Å²) in [5, 5.41) is 0.715. The standard InChI is InChI=1S/C16H21ClINO3/c1-16(2,3)22-15(20)19-8-13(18)14(9-19)21-10-11-4-6-12(17)7-5-11/h4-7,13-14H,8-10H2,1-3H3. The normalized spacial score (nSPS) is 22.0. The molecular weight excluding hydrogens is 417 g/mol. The highest BCUT2D eigenvalue weighted by atomic mass is 127. The minimum atomic E-state index is -0.472. The molecule has 1 fully saturated rings. The van der Waals surface area contributed by atoms with E-state index in [1.165, 1.54) is 0 Å². The minimum Gasteiger partial charge on any atom is -0.444 e. The van der Waals surface area contributed by atoms with Crippen molar-refractivity contribution in [2.75, 3.05) is 13.1 Å². The predicted molar refractivity (Wildman–Crippen MR) is 95.6 cm³/mol. The van der Waals surface area contributed by atoms with Crippen LogP contribution in [0.1, 0.15) is 26.3 Å². The molecule has 2 rings (SSSR count). The van der Waals surface area contributed by atoms with Gasteiger partial charge in [0.2, 0.25) is 0 Å². The Bertz CT molecular complexity index is 515. The summed E-state index contributed by atoms with van der Waals surface area (Å²) >= 11 is 8.20. The van der Waals surface area contributed by atoms with Gasteiger partial charge in [0.25, 0.3) is 0 Å². The minimum absolute atomic E-state index is 0.0174. The zero-order chi connectivity index (χ0) is 16.3. The molecule has 1 saturated heterocycles. The molecule has 0 aromatic heterocycles. The van der Waals surface area contributed by atoms with E-state index in [1.807, 2.05) is 45.0 Å². The Labute approximate surface area is 150 Å². The van der Waals surface area contributed by atoms with E-state index in [2.05, 4.69) is 22.6 Å². The van der Waals surface area contributed by atoms with Crippen molar-refractivity contribution in [3.63, 3.8) is 0 Å². The number of hydrogen-bond acceptors (Lipinski definition) is 3. The molecule has 2 atom stereocenters. The number of alkyl halides is 1. The molecule has 1 aromatic carbocycles. The summed E-state index contributed by atoms with van der Waals surface area (Å²) < 4.78 is 11.6. The highest BCUT2D eigenvalue weighted by Crippen LogP contribution is 2.24. The Hall–Kier alpha value is -0.530. The Balaban J connectivity index is 1.85. The van der Waals surface area contributed by atoms with Crippen LogP contribution in [-0.2, 0) is 16.1 Å². The zero-order valence-corrected chi connectivity index (χ0v) is 15.9. The van der Waals surface area contributed by atoms with Crippen LogP contribution < -0.4 is 0 Å². The molecule has 1 amide bonds. The maximum atomic E-state index is 12.1. The molecule has 4 nitrogen and oxygen atoms in total. The maximum Gasteiger partial charge on any atom is 0.410 e. The molecule has 0 saturated carbocycles. The molecule has 6 heteroatoms. The number of carbonyl (C=O) groups excluding carboxylic acids is 1. The number of hydrogen-bond donors (Lipinski definition) is 0. The monoisotopic (exact) mass is 437 g/mol. The van der Waals surface area contributed by atoms with Gasteiger partial charge in [0.05, 0.1) is 23.2 Å². The smallest absolute Gasteiger partial charge is 0.410 e. The third kappa shape index (κ3) is 5.28. The largest absolute Gasteiger partial charge is 0.444 e. The summed E-state index contributed by atoms with van der Waals surface area (Å²) in [6.45, 7) is 7.35. The Kier molecular flexibility index (Phi) is 5.96. The van der Waals surface area contributed by atoms with E-state index in [0.717, 1.165) is 5.56 Å². The number of rotatable bonds is 3. The molecule has 0 bridgehead atoms. The average Bonchev–Trinajstić information content (AvgIpc) is 2.78. The van der Waals surface area contributed by atoms with Crippen LogP contribution in [-0.4, -0.2) is 39.7 Å². The maximum absolute atomic E-state index is 12.1.